The maximum absolute atomic E-state index is 13.3. The molecule has 206 valence electrons. The normalized spacial score (nSPS) is 19.3. The lowest BCUT2D eigenvalue weighted by atomic mass is 9.99. The quantitative estimate of drug-likeness (QED) is 0.504. The molecule has 0 bridgehead atoms. The zero-order valence-electron chi connectivity index (χ0n) is 22.7. The first-order valence-electron chi connectivity index (χ1n) is 13.7. The third kappa shape index (κ3) is 7.08. The molecule has 2 atom stereocenters. The van der Waals surface area contributed by atoms with Crippen molar-refractivity contribution in [3.05, 3.63) is 58.7 Å². The summed E-state index contributed by atoms with van der Waals surface area (Å²) in [6, 6.07) is 8.17. The molecular formula is C29H40FN5O3. The lowest BCUT2D eigenvalue weighted by Crippen LogP contribution is -2.52. The Kier molecular flexibility index (Phi) is 9.33. The Hall–Kier alpha value is -3.04. The Morgan fingerprint density at radius 1 is 1.21 bits per heavy atom. The molecule has 1 aromatic heterocycles. The molecule has 2 fully saturated rings. The van der Waals surface area contributed by atoms with E-state index in [0.717, 1.165) is 69.5 Å². The van der Waals surface area contributed by atoms with Gasteiger partial charge in [0.05, 0.1) is 17.4 Å². The van der Waals surface area contributed by atoms with Crippen LogP contribution in [0.5, 0.6) is 0 Å². The van der Waals surface area contributed by atoms with Gasteiger partial charge in [-0.25, -0.2) is 9.18 Å². The summed E-state index contributed by atoms with van der Waals surface area (Å²) in [7, 11) is 0. The van der Waals surface area contributed by atoms with Gasteiger partial charge in [0.15, 0.2) is 0 Å². The number of rotatable bonds is 9. The lowest BCUT2D eigenvalue weighted by Gasteiger charge is -2.41. The van der Waals surface area contributed by atoms with E-state index in [1.54, 1.807) is 12.1 Å². The summed E-state index contributed by atoms with van der Waals surface area (Å²) in [4.78, 5) is 34.0. The van der Waals surface area contributed by atoms with Crippen molar-refractivity contribution in [2.45, 2.75) is 77.5 Å². The Morgan fingerprint density at radius 3 is 2.53 bits per heavy atom. The van der Waals surface area contributed by atoms with Crippen molar-refractivity contribution in [1.29, 1.82) is 0 Å². The second-order valence-electron chi connectivity index (χ2n) is 10.6. The molecule has 0 radical (unpaired) electrons. The number of hydrogen-bond acceptors (Lipinski definition) is 5. The molecule has 2 aliphatic heterocycles. The highest BCUT2D eigenvalue weighted by atomic mass is 19.1. The Morgan fingerprint density at radius 2 is 1.92 bits per heavy atom. The number of hydrogen-bond donors (Lipinski definition) is 2. The first kappa shape index (κ1) is 28.0. The van der Waals surface area contributed by atoms with Crippen LogP contribution in [0.15, 0.2) is 30.3 Å². The number of nitrogens with one attached hydrogen (secondary N) is 1. The van der Waals surface area contributed by atoms with Gasteiger partial charge >= 0.3 is 6.03 Å². The molecule has 2 saturated heterocycles. The third-order valence-electron chi connectivity index (χ3n) is 7.86. The summed E-state index contributed by atoms with van der Waals surface area (Å²) in [6.07, 6.45) is 5.60. The number of urea groups is 1. The van der Waals surface area contributed by atoms with Crippen molar-refractivity contribution in [1.82, 2.24) is 14.8 Å². The average Bonchev–Trinajstić information content (AvgIpc) is 3.40. The van der Waals surface area contributed by atoms with E-state index in [1.165, 1.54) is 12.1 Å². The van der Waals surface area contributed by atoms with Crippen LogP contribution >= 0.6 is 0 Å². The number of amides is 3. The number of anilines is 1. The Labute approximate surface area is 224 Å². The fraction of sp³-hybridized carbons (Fsp3) is 0.552. The third-order valence-corrected chi connectivity index (χ3v) is 7.86. The monoisotopic (exact) mass is 525 g/mol. The maximum atomic E-state index is 13.3. The van der Waals surface area contributed by atoms with Gasteiger partial charge in [0.2, 0.25) is 0 Å². The zero-order valence-corrected chi connectivity index (χ0v) is 22.7. The molecule has 3 N–H and O–H groups in total. The number of carbonyl (C=O) groups excluding carboxylic acids is 2. The molecule has 1 unspecified atom stereocenters. The number of likely N-dealkylation sites (tertiary alicyclic amines) is 1. The van der Waals surface area contributed by atoms with Crippen molar-refractivity contribution in [2.24, 2.45) is 5.73 Å². The van der Waals surface area contributed by atoms with E-state index in [9.17, 15) is 14.0 Å². The SMILES string of the molecule is Cc1cc(CC[C@@H](C)N2CCC(N(CC3CCCO3)C(=O)Nc3ccc(F)cc3)CC2)nc(C)c1C(N)=O. The number of primary amides is 1. The van der Waals surface area contributed by atoms with Crippen LogP contribution in [0.1, 0.15) is 66.3 Å². The molecule has 3 amide bonds. The number of halogens is 1. The molecule has 4 rings (SSSR count). The molecule has 0 aliphatic carbocycles. The minimum absolute atomic E-state index is 0.0614. The van der Waals surface area contributed by atoms with Crippen molar-refractivity contribution in [3.63, 3.8) is 0 Å². The van der Waals surface area contributed by atoms with Crippen LogP contribution in [0.3, 0.4) is 0 Å². The van der Waals surface area contributed by atoms with E-state index in [-0.39, 0.29) is 24.0 Å². The van der Waals surface area contributed by atoms with Crippen molar-refractivity contribution < 1.29 is 18.7 Å². The predicted molar refractivity (Wildman–Crippen MR) is 146 cm³/mol. The first-order valence-corrected chi connectivity index (χ1v) is 13.7. The van der Waals surface area contributed by atoms with Gasteiger partial charge in [0, 0.05) is 49.7 Å². The molecule has 2 aromatic rings. The number of aryl methyl sites for hydroxylation is 3. The predicted octanol–water partition coefficient (Wildman–Crippen LogP) is 4.44. The first-order chi connectivity index (χ1) is 18.2. The van der Waals surface area contributed by atoms with Crippen molar-refractivity contribution in [3.8, 4) is 0 Å². The fourth-order valence-corrected chi connectivity index (χ4v) is 5.72. The topological polar surface area (TPSA) is 101 Å². The van der Waals surface area contributed by atoms with Crippen LogP contribution < -0.4 is 11.1 Å². The summed E-state index contributed by atoms with van der Waals surface area (Å²) >= 11 is 0. The lowest BCUT2D eigenvalue weighted by molar-refractivity contribution is 0.0519. The molecule has 1 aromatic carbocycles. The molecule has 38 heavy (non-hydrogen) atoms. The van der Waals surface area contributed by atoms with E-state index in [0.29, 0.717) is 29.5 Å². The van der Waals surface area contributed by atoms with E-state index >= 15 is 0 Å². The second-order valence-corrected chi connectivity index (χ2v) is 10.6. The summed E-state index contributed by atoms with van der Waals surface area (Å²) in [5.41, 5.74) is 9.13. The van der Waals surface area contributed by atoms with Crippen molar-refractivity contribution in [2.75, 3.05) is 31.6 Å². The molecule has 0 saturated carbocycles. The minimum Gasteiger partial charge on any atom is -0.376 e. The van der Waals surface area contributed by atoms with Crippen LogP contribution in [-0.4, -0.2) is 71.2 Å². The van der Waals surface area contributed by atoms with Gasteiger partial charge in [-0.2, -0.15) is 0 Å². The van der Waals surface area contributed by atoms with Crippen LogP contribution in [-0.2, 0) is 11.2 Å². The summed E-state index contributed by atoms with van der Waals surface area (Å²) in [5.74, 6) is -0.764. The van der Waals surface area contributed by atoms with Gasteiger partial charge in [0.1, 0.15) is 5.82 Å². The molecule has 2 aliphatic rings. The second kappa shape index (κ2) is 12.7. The number of benzene rings is 1. The molecule has 9 heteroatoms. The van der Waals surface area contributed by atoms with Gasteiger partial charge in [0.25, 0.3) is 5.91 Å². The number of carbonyl (C=O) groups is 2. The highest BCUT2D eigenvalue weighted by Gasteiger charge is 2.32. The van der Waals surface area contributed by atoms with E-state index in [1.807, 2.05) is 24.8 Å². The number of pyridine rings is 1. The van der Waals surface area contributed by atoms with E-state index in [4.69, 9.17) is 10.5 Å². The minimum atomic E-state index is -0.435. The van der Waals surface area contributed by atoms with Crippen LogP contribution in [0.4, 0.5) is 14.9 Å². The number of nitrogens with two attached hydrogens (primary N) is 1. The van der Waals surface area contributed by atoms with Crippen LogP contribution in [0, 0.1) is 19.7 Å². The van der Waals surface area contributed by atoms with Crippen LogP contribution in [0.25, 0.3) is 0 Å². The standard InChI is InChI=1S/C29H40FN5O3/c1-19-17-24(32-21(3)27(19)28(31)36)9-6-20(2)34-14-12-25(13-15-34)35(18-26-5-4-16-38-26)29(37)33-23-10-7-22(30)8-11-23/h7-8,10-11,17,20,25-26H,4-6,9,12-16,18H2,1-3H3,(H2,31,36)(H,33,37)/t20-,26?/m1/s1. The van der Waals surface area contributed by atoms with Gasteiger partial charge < -0.3 is 25.6 Å². The summed E-state index contributed by atoms with van der Waals surface area (Å²) < 4.78 is 19.2. The highest BCUT2D eigenvalue weighted by Crippen LogP contribution is 2.24. The van der Waals surface area contributed by atoms with E-state index in [2.05, 4.69) is 22.1 Å². The largest absolute Gasteiger partial charge is 0.376 e. The Balaban J connectivity index is 1.33. The number of aromatic nitrogens is 1. The van der Waals surface area contributed by atoms with Gasteiger partial charge in [-0.05, 0) is 95.2 Å². The molecule has 3 heterocycles. The average molecular weight is 526 g/mol. The number of piperidine rings is 1. The number of ether oxygens (including phenoxy) is 1. The van der Waals surface area contributed by atoms with Crippen molar-refractivity contribution >= 4 is 17.6 Å². The zero-order chi connectivity index (χ0) is 27.2. The fourth-order valence-electron chi connectivity index (χ4n) is 5.72. The molecular weight excluding hydrogens is 485 g/mol. The molecule has 8 nitrogen and oxygen atoms in total. The summed E-state index contributed by atoms with van der Waals surface area (Å²) in [5, 5.41) is 2.95. The van der Waals surface area contributed by atoms with Crippen LogP contribution in [0.2, 0.25) is 0 Å². The number of nitrogens with zero attached hydrogens (tertiary/aromatic N) is 3. The highest BCUT2D eigenvalue weighted by molar-refractivity contribution is 5.95. The van der Waals surface area contributed by atoms with Gasteiger partial charge in [-0.3, -0.25) is 9.78 Å². The van der Waals surface area contributed by atoms with E-state index < -0.39 is 5.91 Å². The maximum Gasteiger partial charge on any atom is 0.322 e. The summed E-state index contributed by atoms with van der Waals surface area (Å²) in [6.45, 7) is 9.10. The Bertz CT molecular complexity index is 1090. The van der Waals surface area contributed by atoms with Gasteiger partial charge in [-0.15, -0.1) is 0 Å². The van der Waals surface area contributed by atoms with Gasteiger partial charge in [-0.1, -0.05) is 0 Å². The smallest absolute Gasteiger partial charge is 0.322 e. The molecule has 0 spiro atoms.